The predicted octanol–water partition coefficient (Wildman–Crippen LogP) is 0.486. The van der Waals surface area contributed by atoms with Gasteiger partial charge in [0.05, 0.1) is 11.6 Å². The first-order valence-electron chi connectivity index (χ1n) is 6.92. The number of hydrogen-bond acceptors (Lipinski definition) is 5. The van der Waals surface area contributed by atoms with E-state index in [4.69, 9.17) is 0 Å². The number of nitrogens with zero attached hydrogens (tertiary/aromatic N) is 4. The molecule has 2 aromatic rings. The van der Waals surface area contributed by atoms with Crippen molar-refractivity contribution in [3.8, 4) is 0 Å². The molecule has 0 aromatic carbocycles. The second-order valence-corrected chi connectivity index (χ2v) is 7.29. The average Bonchev–Trinajstić information content (AvgIpc) is 2.80. The van der Waals surface area contributed by atoms with E-state index in [0.29, 0.717) is 0 Å². The average molecular weight is 309 g/mol. The monoisotopic (exact) mass is 309 g/mol. The quantitative estimate of drug-likeness (QED) is 0.892. The van der Waals surface area contributed by atoms with E-state index in [0.717, 1.165) is 42.8 Å². The third-order valence-electron chi connectivity index (χ3n) is 3.82. The van der Waals surface area contributed by atoms with Crippen LogP contribution in [0.1, 0.15) is 12.8 Å². The van der Waals surface area contributed by atoms with Crippen LogP contribution >= 0.6 is 0 Å². The fourth-order valence-corrected chi connectivity index (χ4v) is 3.67. The van der Waals surface area contributed by atoms with Crippen LogP contribution in [0.4, 0.5) is 5.82 Å². The van der Waals surface area contributed by atoms with Gasteiger partial charge in [0.2, 0.25) is 10.0 Å². The highest BCUT2D eigenvalue weighted by molar-refractivity contribution is 7.88. The lowest BCUT2D eigenvalue weighted by atomic mass is 10.1. The van der Waals surface area contributed by atoms with E-state index < -0.39 is 10.0 Å². The number of hydrogen-bond donors (Lipinski definition) is 1. The summed E-state index contributed by atoms with van der Waals surface area (Å²) in [6.45, 7) is 1.57. The van der Waals surface area contributed by atoms with Gasteiger partial charge in [0, 0.05) is 32.4 Å². The first-order chi connectivity index (χ1) is 9.94. The molecule has 1 aliphatic heterocycles. The summed E-state index contributed by atoms with van der Waals surface area (Å²) >= 11 is 0. The van der Waals surface area contributed by atoms with Crippen molar-refractivity contribution in [2.45, 2.75) is 18.9 Å². The maximum absolute atomic E-state index is 11.3. The van der Waals surface area contributed by atoms with Gasteiger partial charge in [-0.05, 0) is 18.9 Å². The molecule has 1 aliphatic rings. The summed E-state index contributed by atoms with van der Waals surface area (Å²) in [5.74, 6) is 0.929. The van der Waals surface area contributed by atoms with E-state index in [1.54, 1.807) is 6.33 Å². The zero-order valence-electron chi connectivity index (χ0n) is 12.2. The second kappa shape index (κ2) is 5.27. The fourth-order valence-electron chi connectivity index (χ4n) is 2.83. The van der Waals surface area contributed by atoms with E-state index in [-0.39, 0.29) is 6.04 Å². The molecule has 0 unspecified atom stereocenters. The third-order valence-corrected chi connectivity index (χ3v) is 4.58. The van der Waals surface area contributed by atoms with Crippen molar-refractivity contribution in [3.05, 3.63) is 18.6 Å². The fraction of sp³-hybridized carbons (Fsp3) is 0.538. The van der Waals surface area contributed by atoms with Gasteiger partial charge in [0.25, 0.3) is 0 Å². The van der Waals surface area contributed by atoms with Crippen molar-refractivity contribution in [1.82, 2.24) is 19.3 Å². The first-order valence-corrected chi connectivity index (χ1v) is 8.81. The van der Waals surface area contributed by atoms with E-state index in [9.17, 15) is 8.42 Å². The molecular weight excluding hydrogens is 290 g/mol. The number of aryl methyl sites for hydroxylation is 1. The lowest BCUT2D eigenvalue weighted by Crippen LogP contribution is -2.44. The molecule has 114 valence electrons. The number of rotatable bonds is 3. The molecule has 2 aromatic heterocycles. The van der Waals surface area contributed by atoms with Gasteiger partial charge < -0.3 is 9.47 Å². The molecular formula is C13H19N5O2S. The highest BCUT2D eigenvalue weighted by Crippen LogP contribution is 2.26. The Labute approximate surface area is 124 Å². The molecule has 3 rings (SSSR count). The van der Waals surface area contributed by atoms with Crippen molar-refractivity contribution in [3.63, 3.8) is 0 Å². The Bertz CT molecular complexity index is 747. The van der Waals surface area contributed by atoms with Crippen LogP contribution in [0.3, 0.4) is 0 Å². The number of piperidine rings is 1. The first kappa shape index (κ1) is 14.3. The highest BCUT2D eigenvalue weighted by atomic mass is 32.2. The molecule has 0 radical (unpaired) electrons. The molecule has 1 saturated heterocycles. The van der Waals surface area contributed by atoms with Gasteiger partial charge in [0.15, 0.2) is 0 Å². The van der Waals surface area contributed by atoms with Gasteiger partial charge in [-0.2, -0.15) is 0 Å². The van der Waals surface area contributed by atoms with Gasteiger partial charge in [-0.15, -0.1) is 0 Å². The van der Waals surface area contributed by atoms with Gasteiger partial charge >= 0.3 is 0 Å². The van der Waals surface area contributed by atoms with Crippen LogP contribution in [0.25, 0.3) is 11.0 Å². The van der Waals surface area contributed by atoms with Crippen LogP contribution in [-0.2, 0) is 17.1 Å². The van der Waals surface area contributed by atoms with Gasteiger partial charge in [-0.1, -0.05) is 0 Å². The molecule has 0 bridgehead atoms. The smallest absolute Gasteiger partial charge is 0.208 e. The van der Waals surface area contributed by atoms with E-state index in [1.165, 1.54) is 6.26 Å². The molecule has 0 spiro atoms. The zero-order chi connectivity index (χ0) is 15.0. The van der Waals surface area contributed by atoms with Crippen molar-refractivity contribution in [2.24, 2.45) is 7.05 Å². The van der Waals surface area contributed by atoms with Crippen molar-refractivity contribution in [1.29, 1.82) is 0 Å². The predicted molar refractivity (Wildman–Crippen MR) is 81.7 cm³/mol. The molecule has 8 heteroatoms. The summed E-state index contributed by atoms with van der Waals surface area (Å²) < 4.78 is 27.2. The lowest BCUT2D eigenvalue weighted by molar-refractivity contribution is 0.460. The molecule has 1 N–H and O–H groups in total. The Morgan fingerprint density at radius 3 is 2.67 bits per heavy atom. The van der Waals surface area contributed by atoms with E-state index >= 15 is 0 Å². The largest absolute Gasteiger partial charge is 0.356 e. The standard InChI is InChI=1S/C13H19N5O2S/c1-17-6-5-11-12(17)14-9-15-13(11)18-7-3-10(4-8-18)16-21(2,19)20/h5-6,9-10,16H,3-4,7-8H2,1-2H3. The maximum atomic E-state index is 11.3. The molecule has 21 heavy (non-hydrogen) atoms. The van der Waals surface area contributed by atoms with Gasteiger partial charge in [0.1, 0.15) is 17.8 Å². The van der Waals surface area contributed by atoms with Crippen LogP contribution in [0.5, 0.6) is 0 Å². The Kier molecular flexibility index (Phi) is 3.58. The van der Waals surface area contributed by atoms with Crippen molar-refractivity contribution in [2.75, 3.05) is 24.2 Å². The summed E-state index contributed by atoms with van der Waals surface area (Å²) in [6, 6.07) is 2.04. The summed E-state index contributed by atoms with van der Waals surface area (Å²) in [5.41, 5.74) is 0.913. The second-order valence-electron chi connectivity index (χ2n) is 5.51. The molecule has 7 nitrogen and oxygen atoms in total. The topological polar surface area (TPSA) is 80.1 Å². The van der Waals surface area contributed by atoms with E-state index in [1.807, 2.05) is 23.9 Å². The Hall–Kier alpha value is -1.67. The molecule has 0 aliphatic carbocycles. The van der Waals surface area contributed by atoms with Gasteiger partial charge in [-0.25, -0.2) is 23.1 Å². The van der Waals surface area contributed by atoms with Gasteiger partial charge in [-0.3, -0.25) is 0 Å². The van der Waals surface area contributed by atoms with E-state index in [2.05, 4.69) is 19.6 Å². The molecule has 1 fully saturated rings. The summed E-state index contributed by atoms with van der Waals surface area (Å²) in [6.07, 6.45) is 6.33. The highest BCUT2D eigenvalue weighted by Gasteiger charge is 2.23. The van der Waals surface area contributed by atoms with Crippen molar-refractivity contribution >= 4 is 26.9 Å². The number of fused-ring (bicyclic) bond motifs is 1. The molecule has 0 amide bonds. The van der Waals surface area contributed by atoms with Crippen molar-refractivity contribution < 1.29 is 8.42 Å². The molecule has 3 heterocycles. The van der Waals surface area contributed by atoms with Crippen LogP contribution in [0.2, 0.25) is 0 Å². The molecule has 0 atom stereocenters. The summed E-state index contributed by atoms with van der Waals surface area (Å²) in [7, 11) is -1.17. The van der Waals surface area contributed by atoms with Crippen LogP contribution < -0.4 is 9.62 Å². The minimum atomic E-state index is -3.13. The summed E-state index contributed by atoms with van der Waals surface area (Å²) in [4.78, 5) is 10.9. The SMILES string of the molecule is Cn1ccc2c(N3CCC(NS(C)(=O)=O)CC3)ncnc21. The Balaban J connectivity index is 1.77. The Morgan fingerprint density at radius 1 is 1.29 bits per heavy atom. The number of aromatic nitrogens is 3. The number of sulfonamides is 1. The van der Waals surface area contributed by atoms with Crippen LogP contribution in [0.15, 0.2) is 18.6 Å². The maximum Gasteiger partial charge on any atom is 0.208 e. The Morgan fingerprint density at radius 2 is 2.00 bits per heavy atom. The zero-order valence-corrected chi connectivity index (χ0v) is 13.0. The lowest BCUT2D eigenvalue weighted by Gasteiger charge is -2.33. The van der Waals surface area contributed by atoms with Crippen LogP contribution in [-0.4, -0.2) is 48.3 Å². The number of nitrogens with one attached hydrogen (secondary N) is 1. The normalized spacial score (nSPS) is 17.5. The number of anilines is 1. The third kappa shape index (κ3) is 3.01. The minimum absolute atomic E-state index is 0.0179. The summed E-state index contributed by atoms with van der Waals surface area (Å²) in [5, 5.41) is 1.04. The minimum Gasteiger partial charge on any atom is -0.356 e. The van der Waals surface area contributed by atoms with Crippen LogP contribution in [0, 0.1) is 0 Å². The molecule has 0 saturated carbocycles.